The van der Waals surface area contributed by atoms with Crippen molar-refractivity contribution in [3.05, 3.63) is 40.8 Å². The molecule has 2 N–H and O–H groups in total. The summed E-state index contributed by atoms with van der Waals surface area (Å²) in [5.74, 6) is 0. The zero-order valence-electron chi connectivity index (χ0n) is 10.0. The predicted octanol–water partition coefficient (Wildman–Crippen LogP) is 1.97. The summed E-state index contributed by atoms with van der Waals surface area (Å²) in [4.78, 5) is 4.43. The van der Waals surface area contributed by atoms with Crippen molar-refractivity contribution < 1.29 is 0 Å². The molecule has 2 aliphatic rings. The van der Waals surface area contributed by atoms with E-state index >= 15 is 0 Å². The number of pyridine rings is 1. The fourth-order valence-corrected chi connectivity index (χ4v) is 3.76. The first-order valence-electron chi connectivity index (χ1n) is 6.32. The first-order chi connectivity index (χ1) is 8.86. The van der Waals surface area contributed by atoms with Crippen LogP contribution in [0.15, 0.2) is 35.3 Å². The van der Waals surface area contributed by atoms with E-state index in [1.54, 1.807) is 11.3 Å². The normalized spacial score (nSPS) is 29.9. The molecule has 2 aromatic rings. The molecule has 0 saturated carbocycles. The Morgan fingerprint density at radius 3 is 3.00 bits per heavy atom. The highest BCUT2D eigenvalue weighted by Crippen LogP contribution is 2.36. The van der Waals surface area contributed by atoms with Crippen LogP contribution < -0.4 is 10.6 Å². The smallest absolute Gasteiger partial charge is 0.0592 e. The average molecular weight is 257 g/mol. The highest BCUT2D eigenvalue weighted by molar-refractivity contribution is 7.08. The molecule has 2 bridgehead atoms. The van der Waals surface area contributed by atoms with Gasteiger partial charge in [-0.25, -0.2) is 0 Å². The van der Waals surface area contributed by atoms with Crippen LogP contribution in [0.1, 0.15) is 12.0 Å². The van der Waals surface area contributed by atoms with Crippen molar-refractivity contribution in [2.24, 2.45) is 0 Å². The lowest BCUT2D eigenvalue weighted by Gasteiger charge is -2.28. The molecule has 18 heavy (non-hydrogen) atoms. The molecule has 2 unspecified atom stereocenters. The Labute approximate surface area is 110 Å². The Morgan fingerprint density at radius 1 is 1.33 bits per heavy atom. The van der Waals surface area contributed by atoms with E-state index in [0.29, 0.717) is 6.04 Å². The minimum atomic E-state index is 0.115. The molecule has 0 aliphatic carbocycles. The summed E-state index contributed by atoms with van der Waals surface area (Å²) in [6.07, 6.45) is 5.15. The molecule has 0 aromatic carbocycles. The molecule has 4 heteroatoms. The molecule has 92 valence electrons. The summed E-state index contributed by atoms with van der Waals surface area (Å²) in [6.45, 7) is 2.09. The van der Waals surface area contributed by atoms with Crippen LogP contribution in [0.25, 0.3) is 11.1 Å². The number of nitrogens with zero attached hydrogens (tertiary/aromatic N) is 1. The van der Waals surface area contributed by atoms with Gasteiger partial charge >= 0.3 is 0 Å². The van der Waals surface area contributed by atoms with Gasteiger partial charge in [0.2, 0.25) is 0 Å². The Morgan fingerprint density at radius 2 is 2.33 bits per heavy atom. The summed E-state index contributed by atoms with van der Waals surface area (Å²) >= 11 is 1.73. The van der Waals surface area contributed by atoms with Crippen LogP contribution in [0, 0.1) is 0 Å². The molecule has 2 aromatic heterocycles. The fourth-order valence-electron chi connectivity index (χ4n) is 3.09. The summed E-state index contributed by atoms with van der Waals surface area (Å²) in [5, 5.41) is 11.5. The topological polar surface area (TPSA) is 37.0 Å². The van der Waals surface area contributed by atoms with Crippen molar-refractivity contribution in [2.45, 2.75) is 18.0 Å². The molecule has 0 spiro atoms. The monoisotopic (exact) mass is 257 g/mol. The van der Waals surface area contributed by atoms with Crippen LogP contribution in [-0.2, 0) is 5.54 Å². The number of thiophene rings is 1. The van der Waals surface area contributed by atoms with Gasteiger partial charge in [0, 0.05) is 37.1 Å². The highest BCUT2D eigenvalue weighted by Gasteiger charge is 2.45. The molecular weight excluding hydrogens is 242 g/mol. The quantitative estimate of drug-likeness (QED) is 0.863. The molecule has 4 heterocycles. The summed E-state index contributed by atoms with van der Waals surface area (Å²) < 4.78 is 0. The highest BCUT2D eigenvalue weighted by atomic mass is 32.1. The Balaban J connectivity index is 1.76. The third kappa shape index (κ3) is 1.53. The summed E-state index contributed by atoms with van der Waals surface area (Å²) in [7, 11) is 0. The summed E-state index contributed by atoms with van der Waals surface area (Å²) in [6, 6.07) is 5.08. The second kappa shape index (κ2) is 3.88. The van der Waals surface area contributed by atoms with Gasteiger partial charge in [0.1, 0.15) is 0 Å². The van der Waals surface area contributed by atoms with Gasteiger partial charge in [-0.2, -0.15) is 11.3 Å². The van der Waals surface area contributed by atoms with Crippen LogP contribution in [0.2, 0.25) is 0 Å². The molecule has 2 atom stereocenters. The van der Waals surface area contributed by atoms with Gasteiger partial charge in [-0.15, -0.1) is 0 Å². The van der Waals surface area contributed by atoms with E-state index in [-0.39, 0.29) is 5.54 Å². The predicted molar refractivity (Wildman–Crippen MR) is 73.6 cm³/mol. The standard InChI is InChI=1S/C14H15N3S/c1-2-18-8-10(1)11-3-12(6-15-5-11)14-4-13(7-17-14)16-9-14/h1-3,5-6,8,13,16-17H,4,7,9H2. The number of hydrogen-bond acceptors (Lipinski definition) is 4. The zero-order chi connectivity index (χ0) is 12.0. The van der Waals surface area contributed by atoms with E-state index in [4.69, 9.17) is 0 Å². The SMILES string of the molecule is c1cc(-c2cncc(C34CNC(CN3)C4)c2)cs1. The van der Waals surface area contributed by atoms with E-state index in [1.165, 1.54) is 23.1 Å². The van der Waals surface area contributed by atoms with Gasteiger partial charge in [-0.1, -0.05) is 0 Å². The zero-order valence-corrected chi connectivity index (χ0v) is 10.8. The van der Waals surface area contributed by atoms with Crippen molar-refractivity contribution in [2.75, 3.05) is 13.1 Å². The van der Waals surface area contributed by atoms with Gasteiger partial charge in [0.05, 0.1) is 5.54 Å². The molecule has 0 radical (unpaired) electrons. The average Bonchev–Trinajstić information content (AvgIpc) is 3.16. The molecule has 4 rings (SSSR count). The first-order valence-corrected chi connectivity index (χ1v) is 7.27. The maximum absolute atomic E-state index is 4.43. The van der Waals surface area contributed by atoms with E-state index in [1.807, 2.05) is 12.4 Å². The van der Waals surface area contributed by atoms with Crippen LogP contribution in [-0.4, -0.2) is 24.1 Å². The van der Waals surface area contributed by atoms with E-state index in [0.717, 1.165) is 13.1 Å². The lowest BCUT2D eigenvalue weighted by atomic mass is 9.90. The van der Waals surface area contributed by atoms with Gasteiger partial charge in [0.25, 0.3) is 0 Å². The molecule has 2 aliphatic heterocycles. The second-order valence-electron chi connectivity index (χ2n) is 5.22. The Kier molecular flexibility index (Phi) is 2.30. The van der Waals surface area contributed by atoms with Crippen LogP contribution in [0.4, 0.5) is 0 Å². The van der Waals surface area contributed by atoms with E-state index in [9.17, 15) is 0 Å². The number of aromatic nitrogens is 1. The largest absolute Gasteiger partial charge is 0.310 e. The second-order valence-corrected chi connectivity index (χ2v) is 6.00. The van der Waals surface area contributed by atoms with Crippen LogP contribution in [0.3, 0.4) is 0 Å². The van der Waals surface area contributed by atoms with Crippen molar-refractivity contribution in [1.82, 2.24) is 15.6 Å². The lowest BCUT2D eigenvalue weighted by molar-refractivity contribution is 0.391. The van der Waals surface area contributed by atoms with E-state index in [2.05, 4.69) is 38.5 Å². The number of fused-ring (bicyclic) bond motifs is 2. The Hall–Kier alpha value is -1.23. The maximum Gasteiger partial charge on any atom is 0.0592 e. The molecule has 2 fully saturated rings. The fraction of sp³-hybridized carbons (Fsp3) is 0.357. The van der Waals surface area contributed by atoms with Crippen molar-refractivity contribution in [3.63, 3.8) is 0 Å². The van der Waals surface area contributed by atoms with Gasteiger partial charge in [-0.3, -0.25) is 4.98 Å². The third-order valence-electron chi connectivity index (χ3n) is 4.12. The van der Waals surface area contributed by atoms with Gasteiger partial charge in [-0.05, 0) is 40.4 Å². The molecule has 3 nitrogen and oxygen atoms in total. The van der Waals surface area contributed by atoms with E-state index < -0.39 is 0 Å². The molecular formula is C14H15N3S. The number of rotatable bonds is 2. The molecule has 2 saturated heterocycles. The van der Waals surface area contributed by atoms with Crippen molar-refractivity contribution in [1.29, 1.82) is 0 Å². The first kappa shape index (κ1) is 10.7. The third-order valence-corrected chi connectivity index (χ3v) is 4.80. The summed E-state index contributed by atoms with van der Waals surface area (Å²) in [5.41, 5.74) is 3.93. The minimum Gasteiger partial charge on any atom is -0.310 e. The lowest BCUT2D eigenvalue weighted by Crippen LogP contribution is -2.47. The molecule has 0 amide bonds. The maximum atomic E-state index is 4.43. The van der Waals surface area contributed by atoms with Crippen molar-refractivity contribution >= 4 is 11.3 Å². The van der Waals surface area contributed by atoms with Gasteiger partial charge in [0.15, 0.2) is 0 Å². The van der Waals surface area contributed by atoms with Crippen molar-refractivity contribution in [3.8, 4) is 11.1 Å². The Bertz CT molecular complexity index is 556. The van der Waals surface area contributed by atoms with Gasteiger partial charge < -0.3 is 10.6 Å². The number of nitrogens with one attached hydrogen (secondary N) is 2. The number of piperazine rings is 1. The number of hydrogen-bond donors (Lipinski definition) is 2. The van der Waals surface area contributed by atoms with Crippen LogP contribution >= 0.6 is 11.3 Å². The minimum absolute atomic E-state index is 0.115. The van der Waals surface area contributed by atoms with Crippen LogP contribution in [0.5, 0.6) is 0 Å².